The minimum absolute atomic E-state index is 0.261. The van der Waals surface area contributed by atoms with Gasteiger partial charge in [-0.1, -0.05) is 59.6 Å². The summed E-state index contributed by atoms with van der Waals surface area (Å²) in [5.41, 5.74) is 2.77. The number of allylic oxidation sites excluding steroid dienone is 1. The first-order valence-corrected chi connectivity index (χ1v) is 8.17. The number of hydrogen-bond donors (Lipinski definition) is 1. The fraction of sp³-hybridized carbons (Fsp3) is 0.0588. The molecule has 1 heterocycles. The van der Waals surface area contributed by atoms with E-state index >= 15 is 0 Å². The van der Waals surface area contributed by atoms with Gasteiger partial charge in [0.1, 0.15) is 5.76 Å². The zero-order chi connectivity index (χ0) is 14.8. The Morgan fingerprint density at radius 2 is 1.76 bits per heavy atom. The van der Waals surface area contributed by atoms with E-state index in [-0.39, 0.29) is 5.76 Å². The number of hydrogen-bond acceptors (Lipinski definition) is 2. The number of benzene rings is 2. The smallest absolute Gasteiger partial charge is 0.121 e. The van der Waals surface area contributed by atoms with Gasteiger partial charge in [-0.2, -0.15) is 0 Å². The first-order chi connectivity index (χ1) is 10.1. The molecule has 0 unspecified atom stereocenters. The van der Waals surface area contributed by atoms with Gasteiger partial charge >= 0.3 is 0 Å². The standard InChI is InChI=1S/C17H12Cl2OS/c18-12-6-7-13(15(19)8-12)14-10-21-17(9-16(14)20)11-4-2-1-3-5-11/h1-9,20H,10H2. The van der Waals surface area contributed by atoms with Gasteiger partial charge in [0.2, 0.25) is 0 Å². The molecule has 0 aliphatic carbocycles. The molecule has 2 aromatic carbocycles. The van der Waals surface area contributed by atoms with Crippen molar-refractivity contribution in [3.05, 3.63) is 81.5 Å². The Morgan fingerprint density at radius 3 is 2.43 bits per heavy atom. The average molecular weight is 335 g/mol. The largest absolute Gasteiger partial charge is 0.508 e. The monoisotopic (exact) mass is 334 g/mol. The Balaban J connectivity index is 2.00. The van der Waals surface area contributed by atoms with Gasteiger partial charge in [0.25, 0.3) is 0 Å². The number of thioether (sulfide) groups is 1. The van der Waals surface area contributed by atoms with Crippen LogP contribution in [0.1, 0.15) is 11.1 Å². The third-order valence-electron chi connectivity index (χ3n) is 3.26. The van der Waals surface area contributed by atoms with Crippen LogP contribution in [-0.2, 0) is 0 Å². The van der Waals surface area contributed by atoms with Gasteiger partial charge in [0.05, 0.1) is 0 Å². The second-order valence-corrected chi connectivity index (χ2v) is 6.51. The van der Waals surface area contributed by atoms with E-state index < -0.39 is 0 Å². The third-order valence-corrected chi connectivity index (χ3v) is 4.91. The molecule has 0 amide bonds. The van der Waals surface area contributed by atoms with Crippen molar-refractivity contribution in [1.82, 2.24) is 0 Å². The van der Waals surface area contributed by atoms with Gasteiger partial charge in [-0.25, -0.2) is 0 Å². The molecule has 0 saturated carbocycles. The van der Waals surface area contributed by atoms with Gasteiger partial charge < -0.3 is 5.11 Å². The van der Waals surface area contributed by atoms with E-state index in [0.717, 1.165) is 21.6 Å². The van der Waals surface area contributed by atoms with E-state index in [9.17, 15) is 5.11 Å². The maximum atomic E-state index is 10.3. The van der Waals surface area contributed by atoms with Crippen LogP contribution in [0.25, 0.3) is 10.5 Å². The van der Waals surface area contributed by atoms with Crippen LogP contribution in [0, 0.1) is 0 Å². The molecule has 3 rings (SSSR count). The molecule has 0 saturated heterocycles. The number of rotatable bonds is 2. The summed E-state index contributed by atoms with van der Waals surface area (Å²) >= 11 is 13.8. The molecule has 0 bridgehead atoms. The van der Waals surface area contributed by atoms with E-state index in [1.807, 2.05) is 36.4 Å². The van der Waals surface area contributed by atoms with Crippen molar-refractivity contribution in [2.45, 2.75) is 0 Å². The summed E-state index contributed by atoms with van der Waals surface area (Å²) in [5.74, 6) is 0.935. The fourth-order valence-corrected chi connectivity index (χ4v) is 3.82. The molecule has 0 fully saturated rings. The van der Waals surface area contributed by atoms with Gasteiger partial charge in [-0.05, 0) is 23.8 Å². The highest BCUT2D eigenvalue weighted by Crippen LogP contribution is 2.40. The lowest BCUT2D eigenvalue weighted by molar-refractivity contribution is 0.435. The zero-order valence-electron chi connectivity index (χ0n) is 11.0. The summed E-state index contributed by atoms with van der Waals surface area (Å²) in [5, 5.41) is 11.5. The van der Waals surface area contributed by atoms with E-state index in [1.54, 1.807) is 30.0 Å². The lowest BCUT2D eigenvalue weighted by Crippen LogP contribution is -2.00. The van der Waals surface area contributed by atoms with Crippen molar-refractivity contribution in [1.29, 1.82) is 0 Å². The van der Waals surface area contributed by atoms with Gasteiger partial charge in [-0.15, -0.1) is 11.8 Å². The van der Waals surface area contributed by atoms with Crippen molar-refractivity contribution in [2.24, 2.45) is 0 Å². The van der Waals surface area contributed by atoms with Gasteiger partial charge in [0, 0.05) is 31.8 Å². The fourth-order valence-electron chi connectivity index (χ4n) is 2.20. The van der Waals surface area contributed by atoms with Crippen molar-refractivity contribution in [2.75, 3.05) is 5.75 Å². The number of aliphatic hydroxyl groups excluding tert-OH is 1. The summed E-state index contributed by atoms with van der Waals surface area (Å²) in [6.07, 6.45) is 1.80. The molecule has 0 spiro atoms. The quantitative estimate of drug-likeness (QED) is 0.721. The van der Waals surface area contributed by atoms with E-state index in [1.165, 1.54) is 0 Å². The molecule has 1 N–H and O–H groups in total. The molecule has 1 nitrogen and oxygen atoms in total. The Hall–Kier alpha value is -1.35. The second kappa shape index (κ2) is 6.18. The maximum Gasteiger partial charge on any atom is 0.121 e. The van der Waals surface area contributed by atoms with Crippen molar-refractivity contribution < 1.29 is 5.11 Å². The maximum absolute atomic E-state index is 10.3. The summed E-state index contributed by atoms with van der Waals surface area (Å²) in [4.78, 5) is 1.06. The summed E-state index contributed by atoms with van der Waals surface area (Å²) < 4.78 is 0. The Morgan fingerprint density at radius 1 is 1.00 bits per heavy atom. The van der Waals surface area contributed by atoms with Crippen molar-refractivity contribution in [3.8, 4) is 0 Å². The van der Waals surface area contributed by atoms with Crippen LogP contribution in [0.15, 0.2) is 60.4 Å². The average Bonchev–Trinajstić information content (AvgIpc) is 2.49. The topological polar surface area (TPSA) is 20.2 Å². The molecular formula is C17H12Cl2OS. The highest BCUT2D eigenvalue weighted by molar-refractivity contribution is 8.08. The number of aliphatic hydroxyl groups is 1. The van der Waals surface area contributed by atoms with Crippen LogP contribution >= 0.6 is 35.0 Å². The zero-order valence-corrected chi connectivity index (χ0v) is 13.3. The molecule has 0 atom stereocenters. The van der Waals surface area contributed by atoms with Crippen LogP contribution in [-0.4, -0.2) is 10.9 Å². The van der Waals surface area contributed by atoms with Crippen LogP contribution < -0.4 is 0 Å². The Labute approximate surface area is 137 Å². The molecule has 1 aliphatic heterocycles. The lowest BCUT2D eigenvalue weighted by atomic mass is 10.0. The predicted octanol–water partition coefficient (Wildman–Crippen LogP) is 6.05. The molecule has 0 radical (unpaired) electrons. The van der Waals surface area contributed by atoms with Crippen molar-refractivity contribution in [3.63, 3.8) is 0 Å². The van der Waals surface area contributed by atoms with E-state index in [2.05, 4.69) is 0 Å². The normalized spacial score (nSPS) is 15.0. The summed E-state index contributed by atoms with van der Waals surface area (Å²) in [7, 11) is 0. The molecule has 0 aromatic heterocycles. The first-order valence-electron chi connectivity index (χ1n) is 6.42. The third kappa shape index (κ3) is 3.13. The van der Waals surface area contributed by atoms with Gasteiger partial charge in [0.15, 0.2) is 0 Å². The number of halogens is 2. The predicted molar refractivity (Wildman–Crippen MR) is 92.9 cm³/mol. The van der Waals surface area contributed by atoms with Crippen LogP contribution in [0.5, 0.6) is 0 Å². The molecule has 4 heteroatoms. The Bertz CT molecular complexity index is 736. The van der Waals surface area contributed by atoms with Crippen molar-refractivity contribution >= 4 is 45.4 Å². The minimum atomic E-state index is 0.261. The molecule has 106 valence electrons. The van der Waals surface area contributed by atoms with Crippen LogP contribution in [0.4, 0.5) is 0 Å². The van der Waals surface area contributed by atoms with E-state index in [4.69, 9.17) is 23.2 Å². The highest BCUT2D eigenvalue weighted by atomic mass is 35.5. The van der Waals surface area contributed by atoms with Crippen LogP contribution in [0.3, 0.4) is 0 Å². The summed E-state index contributed by atoms with van der Waals surface area (Å²) in [6, 6.07) is 15.3. The second-order valence-electron chi connectivity index (χ2n) is 4.65. The summed E-state index contributed by atoms with van der Waals surface area (Å²) in [6.45, 7) is 0. The lowest BCUT2D eigenvalue weighted by Gasteiger charge is -2.18. The molecule has 2 aromatic rings. The minimum Gasteiger partial charge on any atom is -0.508 e. The molecular weight excluding hydrogens is 323 g/mol. The molecule has 21 heavy (non-hydrogen) atoms. The SMILES string of the molecule is OC1=C(c2ccc(Cl)cc2Cl)CSC(c2ccccc2)=C1. The van der Waals surface area contributed by atoms with Crippen LogP contribution in [0.2, 0.25) is 10.0 Å². The highest BCUT2D eigenvalue weighted by Gasteiger charge is 2.18. The van der Waals surface area contributed by atoms with Gasteiger partial charge in [-0.3, -0.25) is 0 Å². The first kappa shape index (κ1) is 14.6. The van der Waals surface area contributed by atoms with E-state index in [0.29, 0.717) is 15.8 Å². The molecule has 1 aliphatic rings. The Kier molecular flexibility index (Phi) is 4.29.